The maximum absolute atomic E-state index is 8.99. The SMILES string of the molecule is CCC(CCO)NCc1cn[nH]c1-c1cccnc1. The Morgan fingerprint density at radius 2 is 2.32 bits per heavy atom. The number of H-pyrrole nitrogens is 1. The molecule has 0 aliphatic carbocycles. The van der Waals surface area contributed by atoms with Gasteiger partial charge in [-0.15, -0.1) is 0 Å². The van der Waals surface area contributed by atoms with Crippen molar-refractivity contribution < 1.29 is 5.11 Å². The fourth-order valence-corrected chi connectivity index (χ4v) is 2.07. The Balaban J connectivity index is 2.04. The molecular weight excluding hydrogens is 240 g/mol. The molecular formula is C14H20N4O. The Kier molecular flexibility index (Phi) is 5.06. The molecule has 0 saturated carbocycles. The maximum atomic E-state index is 8.99. The summed E-state index contributed by atoms with van der Waals surface area (Å²) in [6.45, 7) is 3.07. The van der Waals surface area contributed by atoms with Gasteiger partial charge in [-0.05, 0) is 25.0 Å². The van der Waals surface area contributed by atoms with E-state index in [2.05, 4.69) is 27.4 Å². The molecule has 1 atom stereocenters. The highest BCUT2D eigenvalue weighted by atomic mass is 16.3. The summed E-state index contributed by atoms with van der Waals surface area (Å²) < 4.78 is 0. The van der Waals surface area contributed by atoms with Crippen molar-refractivity contribution in [3.8, 4) is 11.3 Å². The lowest BCUT2D eigenvalue weighted by atomic mass is 10.1. The zero-order valence-corrected chi connectivity index (χ0v) is 11.1. The number of hydrogen-bond acceptors (Lipinski definition) is 4. The van der Waals surface area contributed by atoms with E-state index in [-0.39, 0.29) is 6.61 Å². The average Bonchev–Trinajstić information content (AvgIpc) is 2.93. The van der Waals surface area contributed by atoms with Gasteiger partial charge in [-0.25, -0.2) is 0 Å². The molecule has 2 heterocycles. The van der Waals surface area contributed by atoms with E-state index in [0.29, 0.717) is 6.04 Å². The third kappa shape index (κ3) is 3.62. The second-order valence-electron chi connectivity index (χ2n) is 4.51. The van der Waals surface area contributed by atoms with Crippen molar-refractivity contribution in [1.29, 1.82) is 0 Å². The standard InChI is InChI=1S/C14H20N4O/c1-2-13(5-7-19)16-9-12-10-17-18-14(12)11-4-3-6-15-8-11/h3-4,6,8,10,13,16,19H,2,5,7,9H2,1H3,(H,17,18). The lowest BCUT2D eigenvalue weighted by molar-refractivity contribution is 0.262. The second-order valence-corrected chi connectivity index (χ2v) is 4.51. The number of rotatable bonds is 7. The molecule has 0 saturated heterocycles. The molecule has 3 N–H and O–H groups in total. The predicted molar refractivity (Wildman–Crippen MR) is 74.4 cm³/mol. The molecule has 2 rings (SSSR count). The Morgan fingerprint density at radius 3 is 3.00 bits per heavy atom. The topological polar surface area (TPSA) is 73.8 Å². The molecule has 19 heavy (non-hydrogen) atoms. The largest absolute Gasteiger partial charge is 0.396 e. The van der Waals surface area contributed by atoms with Gasteiger partial charge in [0.1, 0.15) is 0 Å². The van der Waals surface area contributed by atoms with E-state index in [4.69, 9.17) is 5.11 Å². The van der Waals surface area contributed by atoms with Crippen LogP contribution in [0.5, 0.6) is 0 Å². The van der Waals surface area contributed by atoms with Crippen molar-refractivity contribution in [3.63, 3.8) is 0 Å². The summed E-state index contributed by atoms with van der Waals surface area (Å²) in [6, 6.07) is 4.25. The van der Waals surface area contributed by atoms with E-state index in [1.54, 1.807) is 6.20 Å². The number of aromatic nitrogens is 3. The molecule has 0 amide bonds. The summed E-state index contributed by atoms with van der Waals surface area (Å²) in [5.41, 5.74) is 3.15. The summed E-state index contributed by atoms with van der Waals surface area (Å²) in [5, 5.41) is 19.6. The first kappa shape index (κ1) is 13.7. The van der Waals surface area contributed by atoms with Crippen molar-refractivity contribution in [2.75, 3.05) is 6.61 Å². The molecule has 102 valence electrons. The first-order valence-electron chi connectivity index (χ1n) is 6.62. The normalized spacial score (nSPS) is 12.5. The van der Waals surface area contributed by atoms with Crippen LogP contribution in [-0.4, -0.2) is 32.9 Å². The highest BCUT2D eigenvalue weighted by Gasteiger charge is 2.10. The van der Waals surface area contributed by atoms with Crippen molar-refractivity contribution in [1.82, 2.24) is 20.5 Å². The summed E-state index contributed by atoms with van der Waals surface area (Å²) in [6.07, 6.45) is 7.19. The minimum Gasteiger partial charge on any atom is -0.396 e. The van der Waals surface area contributed by atoms with Gasteiger partial charge >= 0.3 is 0 Å². The van der Waals surface area contributed by atoms with Crippen LogP contribution in [0.4, 0.5) is 0 Å². The Morgan fingerprint density at radius 1 is 1.42 bits per heavy atom. The van der Waals surface area contributed by atoms with E-state index in [1.807, 2.05) is 24.5 Å². The minimum absolute atomic E-state index is 0.215. The van der Waals surface area contributed by atoms with Crippen LogP contribution in [0.1, 0.15) is 25.3 Å². The highest BCUT2D eigenvalue weighted by molar-refractivity contribution is 5.61. The molecule has 0 bridgehead atoms. The van der Waals surface area contributed by atoms with Crippen LogP contribution in [0.3, 0.4) is 0 Å². The predicted octanol–water partition coefficient (Wildman–Crippen LogP) is 1.72. The van der Waals surface area contributed by atoms with Crippen LogP contribution >= 0.6 is 0 Å². The fraction of sp³-hybridized carbons (Fsp3) is 0.429. The molecule has 2 aromatic heterocycles. The van der Waals surface area contributed by atoms with Gasteiger partial charge in [0.2, 0.25) is 0 Å². The van der Waals surface area contributed by atoms with Crippen LogP contribution in [0, 0.1) is 0 Å². The van der Waals surface area contributed by atoms with Crippen molar-refractivity contribution in [2.45, 2.75) is 32.4 Å². The Hall–Kier alpha value is -1.72. The third-order valence-corrected chi connectivity index (χ3v) is 3.22. The molecule has 0 radical (unpaired) electrons. The fourth-order valence-electron chi connectivity index (χ4n) is 2.07. The maximum Gasteiger partial charge on any atom is 0.0710 e. The second kappa shape index (κ2) is 7.01. The first-order valence-corrected chi connectivity index (χ1v) is 6.62. The minimum atomic E-state index is 0.215. The Labute approximate surface area is 113 Å². The van der Waals surface area contributed by atoms with Gasteiger partial charge in [0.05, 0.1) is 11.9 Å². The number of nitrogens with one attached hydrogen (secondary N) is 2. The van der Waals surface area contributed by atoms with Gasteiger partial charge < -0.3 is 10.4 Å². The molecule has 0 aliphatic heterocycles. The van der Waals surface area contributed by atoms with E-state index in [0.717, 1.165) is 36.2 Å². The molecule has 0 fully saturated rings. The van der Waals surface area contributed by atoms with E-state index >= 15 is 0 Å². The molecule has 0 aromatic carbocycles. The summed E-state index contributed by atoms with van der Waals surface area (Å²) in [7, 11) is 0. The van der Waals surface area contributed by atoms with Crippen molar-refractivity contribution in [3.05, 3.63) is 36.3 Å². The highest BCUT2D eigenvalue weighted by Crippen LogP contribution is 2.19. The number of aromatic amines is 1. The third-order valence-electron chi connectivity index (χ3n) is 3.22. The van der Waals surface area contributed by atoms with Gasteiger partial charge in [-0.3, -0.25) is 10.1 Å². The monoisotopic (exact) mass is 260 g/mol. The molecule has 0 aliphatic rings. The summed E-state index contributed by atoms with van der Waals surface area (Å²) in [5.74, 6) is 0. The average molecular weight is 260 g/mol. The van der Waals surface area contributed by atoms with Gasteiger partial charge in [0.15, 0.2) is 0 Å². The number of aliphatic hydroxyl groups is 1. The van der Waals surface area contributed by atoms with Gasteiger partial charge in [-0.2, -0.15) is 5.10 Å². The Bertz CT molecular complexity index is 483. The van der Waals surface area contributed by atoms with Gasteiger partial charge in [-0.1, -0.05) is 6.92 Å². The number of aliphatic hydroxyl groups excluding tert-OH is 1. The molecule has 1 unspecified atom stereocenters. The van der Waals surface area contributed by atoms with Gasteiger partial charge in [0.25, 0.3) is 0 Å². The molecule has 2 aromatic rings. The van der Waals surface area contributed by atoms with Crippen LogP contribution in [-0.2, 0) is 6.54 Å². The van der Waals surface area contributed by atoms with E-state index in [9.17, 15) is 0 Å². The number of hydrogen-bond donors (Lipinski definition) is 3. The zero-order valence-electron chi connectivity index (χ0n) is 11.1. The molecule has 5 nitrogen and oxygen atoms in total. The molecule has 0 spiro atoms. The lowest BCUT2D eigenvalue weighted by Gasteiger charge is -2.15. The van der Waals surface area contributed by atoms with E-state index < -0.39 is 0 Å². The number of nitrogens with zero attached hydrogens (tertiary/aromatic N) is 2. The van der Waals surface area contributed by atoms with E-state index in [1.165, 1.54) is 0 Å². The number of pyridine rings is 1. The van der Waals surface area contributed by atoms with Crippen LogP contribution in [0.25, 0.3) is 11.3 Å². The first-order chi connectivity index (χ1) is 9.35. The van der Waals surface area contributed by atoms with Crippen LogP contribution in [0.15, 0.2) is 30.7 Å². The molecule has 5 heteroatoms. The summed E-state index contributed by atoms with van der Waals surface area (Å²) >= 11 is 0. The lowest BCUT2D eigenvalue weighted by Crippen LogP contribution is -2.28. The van der Waals surface area contributed by atoms with Crippen molar-refractivity contribution in [2.24, 2.45) is 0 Å². The van der Waals surface area contributed by atoms with Crippen LogP contribution in [0.2, 0.25) is 0 Å². The quantitative estimate of drug-likeness (QED) is 0.708. The smallest absolute Gasteiger partial charge is 0.0710 e. The summed E-state index contributed by atoms with van der Waals surface area (Å²) in [4.78, 5) is 4.12. The van der Waals surface area contributed by atoms with Gasteiger partial charge in [0, 0.05) is 42.7 Å². The van der Waals surface area contributed by atoms with Crippen LogP contribution < -0.4 is 5.32 Å². The zero-order chi connectivity index (χ0) is 13.5. The van der Waals surface area contributed by atoms with Crippen molar-refractivity contribution >= 4 is 0 Å².